The van der Waals surface area contributed by atoms with E-state index in [4.69, 9.17) is 4.74 Å². The van der Waals surface area contributed by atoms with Crippen molar-refractivity contribution in [2.24, 2.45) is 11.8 Å². The number of benzene rings is 1. The molecule has 1 aromatic rings. The maximum atomic E-state index is 13.1. The zero-order valence-electron chi connectivity index (χ0n) is 13.4. The van der Waals surface area contributed by atoms with Gasteiger partial charge >= 0.3 is 12.8 Å². The lowest BCUT2D eigenvalue weighted by Gasteiger charge is -2.32. The summed E-state index contributed by atoms with van der Waals surface area (Å²) in [6.45, 7) is -3.10. The van der Waals surface area contributed by atoms with Crippen molar-refractivity contribution in [3.63, 3.8) is 0 Å². The van der Waals surface area contributed by atoms with Gasteiger partial charge in [-0.05, 0) is 25.0 Å². The maximum Gasteiger partial charge on any atom is 0.392 e. The number of carbonyl (C=O) groups excluding carboxylic acids is 1. The van der Waals surface area contributed by atoms with Gasteiger partial charge in [-0.3, -0.25) is 4.79 Å². The highest BCUT2D eigenvalue weighted by molar-refractivity contribution is 5.93. The van der Waals surface area contributed by atoms with Crippen LogP contribution in [0.4, 0.5) is 27.6 Å². The van der Waals surface area contributed by atoms with Crippen LogP contribution >= 0.6 is 0 Å². The van der Waals surface area contributed by atoms with Crippen molar-refractivity contribution in [2.75, 3.05) is 12.4 Å². The topological polar surface area (TPSA) is 47.6 Å². The van der Waals surface area contributed by atoms with Crippen LogP contribution in [0.15, 0.2) is 18.2 Å². The molecule has 1 amide bonds. The van der Waals surface area contributed by atoms with E-state index in [0.29, 0.717) is 12.8 Å². The molecule has 1 aromatic carbocycles. The van der Waals surface area contributed by atoms with Gasteiger partial charge in [-0.2, -0.15) is 22.0 Å². The molecule has 2 rings (SSSR count). The van der Waals surface area contributed by atoms with Crippen molar-refractivity contribution < 1.29 is 36.2 Å². The van der Waals surface area contributed by atoms with Gasteiger partial charge in [-0.1, -0.05) is 12.8 Å². The minimum absolute atomic E-state index is 0.0177. The number of alkyl halides is 5. The molecule has 1 N–H and O–H groups in total. The van der Waals surface area contributed by atoms with E-state index >= 15 is 0 Å². The first-order valence-corrected chi connectivity index (χ1v) is 7.72. The summed E-state index contributed by atoms with van der Waals surface area (Å²) in [5.41, 5.74) is 0.0629. The van der Waals surface area contributed by atoms with Gasteiger partial charge in [-0.15, -0.1) is 0 Å². The second kappa shape index (κ2) is 7.88. The van der Waals surface area contributed by atoms with Crippen molar-refractivity contribution in [2.45, 2.75) is 38.5 Å². The molecule has 1 fully saturated rings. The number of nitrogens with one attached hydrogen (secondary N) is 1. The van der Waals surface area contributed by atoms with Gasteiger partial charge in [0.2, 0.25) is 5.91 Å². The SMILES string of the molecule is COc1ccc(NC(=O)C2CCCCC2C(F)(F)F)cc1OC(F)F. The minimum atomic E-state index is -4.45. The van der Waals surface area contributed by atoms with Gasteiger partial charge in [0.15, 0.2) is 11.5 Å². The van der Waals surface area contributed by atoms with Gasteiger partial charge in [-0.25, -0.2) is 0 Å². The summed E-state index contributed by atoms with van der Waals surface area (Å²) in [4.78, 5) is 12.3. The molecule has 0 saturated heterocycles. The minimum Gasteiger partial charge on any atom is -0.493 e. The molecule has 0 spiro atoms. The van der Waals surface area contributed by atoms with E-state index < -0.39 is 30.5 Å². The Labute approximate surface area is 141 Å². The summed E-state index contributed by atoms with van der Waals surface area (Å²) in [7, 11) is 1.25. The summed E-state index contributed by atoms with van der Waals surface area (Å²) >= 11 is 0. The zero-order valence-corrected chi connectivity index (χ0v) is 13.4. The lowest BCUT2D eigenvalue weighted by Crippen LogP contribution is -2.39. The van der Waals surface area contributed by atoms with Crippen molar-refractivity contribution in [3.05, 3.63) is 18.2 Å². The summed E-state index contributed by atoms with van der Waals surface area (Å²) in [5.74, 6) is -3.97. The molecule has 4 nitrogen and oxygen atoms in total. The number of ether oxygens (including phenoxy) is 2. The molecule has 25 heavy (non-hydrogen) atoms. The van der Waals surface area contributed by atoms with Crippen molar-refractivity contribution >= 4 is 11.6 Å². The first-order chi connectivity index (χ1) is 11.7. The molecule has 2 atom stereocenters. The number of anilines is 1. The predicted octanol–water partition coefficient (Wildman–Crippen LogP) is 4.60. The molecule has 0 bridgehead atoms. The quantitative estimate of drug-likeness (QED) is 0.774. The standard InChI is InChI=1S/C16H18F5NO3/c1-24-12-7-6-9(8-13(12)25-15(17)18)22-14(23)10-4-2-3-5-11(10)16(19,20)21/h6-8,10-11,15H,2-5H2,1H3,(H,22,23). The Morgan fingerprint density at radius 3 is 2.48 bits per heavy atom. The number of hydrogen-bond donors (Lipinski definition) is 1. The zero-order chi connectivity index (χ0) is 18.6. The molecular weight excluding hydrogens is 349 g/mol. The Balaban J connectivity index is 2.16. The maximum absolute atomic E-state index is 13.1. The number of amides is 1. The van der Waals surface area contributed by atoms with Crippen LogP contribution in [0.1, 0.15) is 25.7 Å². The molecule has 0 heterocycles. The van der Waals surface area contributed by atoms with Crippen molar-refractivity contribution in [1.29, 1.82) is 0 Å². The summed E-state index contributed by atoms with van der Waals surface area (Å²) in [6.07, 6.45) is -3.46. The van der Waals surface area contributed by atoms with E-state index in [0.717, 1.165) is 6.07 Å². The third-order valence-corrected chi connectivity index (χ3v) is 4.17. The van der Waals surface area contributed by atoms with E-state index in [9.17, 15) is 26.7 Å². The first kappa shape index (κ1) is 19.3. The van der Waals surface area contributed by atoms with Gasteiger partial charge in [0.25, 0.3) is 0 Å². The fourth-order valence-corrected chi connectivity index (χ4v) is 3.01. The molecule has 1 aliphatic carbocycles. The molecule has 1 aliphatic rings. The van der Waals surface area contributed by atoms with Crippen LogP contribution in [-0.4, -0.2) is 25.8 Å². The Morgan fingerprint density at radius 2 is 1.88 bits per heavy atom. The number of carbonyl (C=O) groups is 1. The molecule has 9 heteroatoms. The fourth-order valence-electron chi connectivity index (χ4n) is 3.01. The molecule has 2 unspecified atom stereocenters. The van der Waals surface area contributed by atoms with Gasteiger partial charge in [0.05, 0.1) is 13.0 Å². The molecule has 0 aromatic heterocycles. The largest absolute Gasteiger partial charge is 0.493 e. The van der Waals surface area contributed by atoms with Crippen LogP contribution in [0.2, 0.25) is 0 Å². The van der Waals surface area contributed by atoms with Crippen LogP contribution in [0.25, 0.3) is 0 Å². The van der Waals surface area contributed by atoms with E-state index in [1.54, 1.807) is 0 Å². The monoisotopic (exact) mass is 367 g/mol. The van der Waals surface area contributed by atoms with Crippen LogP contribution < -0.4 is 14.8 Å². The summed E-state index contributed by atoms with van der Waals surface area (Å²) in [6, 6.07) is 3.73. The average Bonchev–Trinajstić information content (AvgIpc) is 2.54. The summed E-state index contributed by atoms with van der Waals surface area (Å²) < 4.78 is 73.3. The molecule has 0 radical (unpaired) electrons. The Morgan fingerprint density at radius 1 is 1.20 bits per heavy atom. The van der Waals surface area contributed by atoms with E-state index in [1.807, 2.05) is 0 Å². The van der Waals surface area contributed by atoms with E-state index in [2.05, 4.69) is 10.1 Å². The van der Waals surface area contributed by atoms with Crippen LogP contribution in [-0.2, 0) is 4.79 Å². The number of rotatable bonds is 5. The number of methoxy groups -OCH3 is 1. The van der Waals surface area contributed by atoms with Crippen LogP contribution in [0.5, 0.6) is 11.5 Å². The normalized spacial score (nSPS) is 21.1. The van der Waals surface area contributed by atoms with Crippen molar-refractivity contribution in [1.82, 2.24) is 0 Å². The average molecular weight is 367 g/mol. The van der Waals surface area contributed by atoms with Gasteiger partial charge in [0.1, 0.15) is 0 Å². The Kier molecular flexibility index (Phi) is 6.07. The highest BCUT2D eigenvalue weighted by Gasteiger charge is 2.48. The smallest absolute Gasteiger partial charge is 0.392 e. The lowest BCUT2D eigenvalue weighted by atomic mass is 9.78. The molecular formula is C16H18F5NO3. The first-order valence-electron chi connectivity index (χ1n) is 7.72. The van der Waals surface area contributed by atoms with Crippen LogP contribution in [0.3, 0.4) is 0 Å². The second-order valence-corrected chi connectivity index (χ2v) is 5.77. The number of hydrogen-bond acceptors (Lipinski definition) is 3. The van der Waals surface area contributed by atoms with Gasteiger partial charge < -0.3 is 14.8 Å². The molecule has 1 saturated carbocycles. The molecule has 0 aliphatic heterocycles. The highest BCUT2D eigenvalue weighted by atomic mass is 19.4. The Hall–Kier alpha value is -2.06. The highest BCUT2D eigenvalue weighted by Crippen LogP contribution is 2.42. The Bertz CT molecular complexity index is 606. The van der Waals surface area contributed by atoms with Crippen LogP contribution in [0, 0.1) is 11.8 Å². The third-order valence-electron chi connectivity index (χ3n) is 4.17. The fraction of sp³-hybridized carbons (Fsp3) is 0.562. The van der Waals surface area contributed by atoms with E-state index in [-0.39, 0.29) is 30.0 Å². The lowest BCUT2D eigenvalue weighted by molar-refractivity contribution is -0.197. The van der Waals surface area contributed by atoms with E-state index in [1.165, 1.54) is 19.2 Å². The molecule has 140 valence electrons. The number of halogens is 5. The van der Waals surface area contributed by atoms with Gasteiger partial charge in [0, 0.05) is 17.7 Å². The van der Waals surface area contributed by atoms with Crippen molar-refractivity contribution in [3.8, 4) is 11.5 Å². The predicted molar refractivity (Wildman–Crippen MR) is 79.8 cm³/mol. The second-order valence-electron chi connectivity index (χ2n) is 5.77. The third kappa shape index (κ3) is 4.96. The summed E-state index contributed by atoms with van der Waals surface area (Å²) in [5, 5.41) is 2.36.